The third-order valence-corrected chi connectivity index (χ3v) is 3.81. The van der Waals surface area contributed by atoms with E-state index in [1.54, 1.807) is 0 Å². The van der Waals surface area contributed by atoms with Crippen LogP contribution in [0.4, 0.5) is 13.2 Å². The Morgan fingerprint density at radius 1 is 1.00 bits per heavy atom. The van der Waals surface area contributed by atoms with Crippen LogP contribution in [0.3, 0.4) is 0 Å². The van der Waals surface area contributed by atoms with E-state index in [0.717, 1.165) is 11.6 Å². The molecule has 3 rings (SSSR count). The average Bonchev–Trinajstić information content (AvgIpc) is 2.66. The Morgan fingerprint density at radius 3 is 2.33 bits per heavy atom. The summed E-state index contributed by atoms with van der Waals surface area (Å²) < 4.78 is 44.6. The molecule has 1 aromatic heterocycles. The molecule has 4 nitrogen and oxygen atoms in total. The number of nitrogens with zero attached hydrogens (tertiary/aromatic N) is 1. The van der Waals surface area contributed by atoms with Crippen molar-refractivity contribution in [3.05, 3.63) is 83.6 Å². The van der Waals surface area contributed by atoms with Crippen molar-refractivity contribution in [2.45, 2.75) is 12.8 Å². The smallest absolute Gasteiger partial charge is 0.416 e. The molecule has 1 heterocycles. The molecular formula is C20H14F3NO3. The standard InChI is InChI=1S/C20H14F3NO3/c21-20(22,23)17-9-15(8-16(10-17)19(25)26)14-6-7-18(24-11-14)27-12-13-4-2-1-3-5-13/h1-11H,12H2,(H,25,26). The number of carbonyl (C=O) groups is 1. The first-order valence-electron chi connectivity index (χ1n) is 7.91. The maximum absolute atomic E-state index is 13.0. The van der Waals surface area contributed by atoms with E-state index in [0.29, 0.717) is 24.1 Å². The molecule has 0 spiro atoms. The van der Waals surface area contributed by atoms with Gasteiger partial charge in [-0.05, 0) is 35.4 Å². The van der Waals surface area contributed by atoms with Crippen LogP contribution in [0.15, 0.2) is 66.9 Å². The predicted octanol–water partition coefficient (Wildman–Crippen LogP) is 5.04. The Hall–Kier alpha value is -3.35. The van der Waals surface area contributed by atoms with Crippen molar-refractivity contribution in [3.63, 3.8) is 0 Å². The molecule has 0 atom stereocenters. The van der Waals surface area contributed by atoms with E-state index in [9.17, 15) is 18.0 Å². The number of carboxylic acid groups (broad SMARTS) is 1. The molecule has 0 aliphatic carbocycles. The number of rotatable bonds is 5. The number of aromatic nitrogens is 1. The SMILES string of the molecule is O=C(O)c1cc(-c2ccc(OCc3ccccc3)nc2)cc(C(F)(F)F)c1. The lowest BCUT2D eigenvalue weighted by atomic mass is 10.0. The second kappa shape index (κ2) is 7.49. The molecule has 0 saturated carbocycles. The fourth-order valence-electron chi connectivity index (χ4n) is 2.45. The van der Waals surface area contributed by atoms with E-state index >= 15 is 0 Å². The summed E-state index contributed by atoms with van der Waals surface area (Å²) in [6.07, 6.45) is -3.30. The van der Waals surface area contributed by atoms with E-state index in [2.05, 4.69) is 4.98 Å². The van der Waals surface area contributed by atoms with Crippen LogP contribution in [0, 0.1) is 0 Å². The molecule has 0 aliphatic heterocycles. The minimum absolute atomic E-state index is 0.115. The number of pyridine rings is 1. The molecule has 138 valence electrons. The number of hydrogen-bond acceptors (Lipinski definition) is 3. The van der Waals surface area contributed by atoms with Crippen molar-refractivity contribution in [3.8, 4) is 17.0 Å². The van der Waals surface area contributed by atoms with Crippen molar-refractivity contribution in [2.24, 2.45) is 0 Å². The molecule has 0 bridgehead atoms. The molecule has 7 heteroatoms. The number of alkyl halides is 3. The summed E-state index contributed by atoms with van der Waals surface area (Å²) >= 11 is 0. The topological polar surface area (TPSA) is 59.4 Å². The Kier molecular flexibility index (Phi) is 5.12. The van der Waals surface area contributed by atoms with Crippen molar-refractivity contribution in [1.82, 2.24) is 4.98 Å². The van der Waals surface area contributed by atoms with Gasteiger partial charge in [0.15, 0.2) is 0 Å². The van der Waals surface area contributed by atoms with Crippen molar-refractivity contribution >= 4 is 5.97 Å². The summed E-state index contributed by atoms with van der Waals surface area (Å²) in [5.74, 6) is -1.12. The van der Waals surface area contributed by atoms with Gasteiger partial charge in [0.2, 0.25) is 5.88 Å². The van der Waals surface area contributed by atoms with Gasteiger partial charge in [-0.2, -0.15) is 13.2 Å². The summed E-state index contributed by atoms with van der Waals surface area (Å²) in [4.78, 5) is 15.2. The van der Waals surface area contributed by atoms with Gasteiger partial charge >= 0.3 is 12.1 Å². The summed E-state index contributed by atoms with van der Waals surface area (Å²) in [5.41, 5.74) is -0.0432. The van der Waals surface area contributed by atoms with Gasteiger partial charge < -0.3 is 9.84 Å². The van der Waals surface area contributed by atoms with E-state index in [-0.39, 0.29) is 5.56 Å². The lowest BCUT2D eigenvalue weighted by molar-refractivity contribution is -0.137. The Labute approximate surface area is 152 Å². The molecule has 0 aliphatic rings. The number of benzene rings is 2. The van der Waals surface area contributed by atoms with E-state index < -0.39 is 23.3 Å². The number of halogens is 3. The molecule has 1 N–H and O–H groups in total. The zero-order valence-electron chi connectivity index (χ0n) is 13.9. The van der Waals surface area contributed by atoms with Crippen LogP contribution in [-0.2, 0) is 12.8 Å². The Bertz CT molecular complexity index is 939. The Morgan fingerprint density at radius 2 is 1.74 bits per heavy atom. The summed E-state index contributed by atoms with van der Waals surface area (Å²) in [5, 5.41) is 9.07. The average molecular weight is 373 g/mol. The summed E-state index contributed by atoms with van der Waals surface area (Å²) in [7, 11) is 0. The van der Waals surface area contributed by atoms with Gasteiger partial charge in [-0.1, -0.05) is 30.3 Å². The van der Waals surface area contributed by atoms with Crippen molar-refractivity contribution in [2.75, 3.05) is 0 Å². The molecular weight excluding hydrogens is 359 g/mol. The molecule has 3 aromatic rings. The predicted molar refractivity (Wildman–Crippen MR) is 92.4 cm³/mol. The van der Waals surface area contributed by atoms with E-state index in [1.165, 1.54) is 24.4 Å². The van der Waals surface area contributed by atoms with Gasteiger partial charge in [0.1, 0.15) is 6.61 Å². The molecule has 0 saturated heterocycles. The third-order valence-electron chi connectivity index (χ3n) is 3.81. The molecule has 27 heavy (non-hydrogen) atoms. The van der Waals surface area contributed by atoms with Crippen LogP contribution in [0.25, 0.3) is 11.1 Å². The lowest BCUT2D eigenvalue weighted by Gasteiger charge is -2.11. The van der Waals surface area contributed by atoms with Gasteiger partial charge in [0.05, 0.1) is 11.1 Å². The van der Waals surface area contributed by atoms with Crippen molar-refractivity contribution < 1.29 is 27.8 Å². The monoisotopic (exact) mass is 373 g/mol. The van der Waals surface area contributed by atoms with E-state index in [1.807, 2.05) is 30.3 Å². The fourth-order valence-corrected chi connectivity index (χ4v) is 2.45. The van der Waals surface area contributed by atoms with Crippen LogP contribution >= 0.6 is 0 Å². The number of hydrogen-bond donors (Lipinski definition) is 1. The van der Waals surface area contributed by atoms with Crippen LogP contribution in [0.1, 0.15) is 21.5 Å². The van der Waals surface area contributed by atoms with Gasteiger partial charge in [-0.3, -0.25) is 0 Å². The number of aromatic carboxylic acids is 1. The van der Waals surface area contributed by atoms with Gasteiger partial charge in [-0.25, -0.2) is 9.78 Å². The highest BCUT2D eigenvalue weighted by atomic mass is 19.4. The minimum atomic E-state index is -4.65. The maximum Gasteiger partial charge on any atom is 0.416 e. The first kappa shape index (κ1) is 18.4. The zero-order chi connectivity index (χ0) is 19.4. The highest BCUT2D eigenvalue weighted by Crippen LogP contribution is 2.33. The fraction of sp³-hybridized carbons (Fsp3) is 0.100. The minimum Gasteiger partial charge on any atom is -0.478 e. The molecule has 0 fully saturated rings. The maximum atomic E-state index is 13.0. The molecule has 0 unspecified atom stereocenters. The second-order valence-corrected chi connectivity index (χ2v) is 5.76. The van der Waals surface area contributed by atoms with Gasteiger partial charge in [0.25, 0.3) is 0 Å². The molecule has 0 radical (unpaired) electrons. The first-order valence-corrected chi connectivity index (χ1v) is 7.91. The molecule has 0 amide bonds. The summed E-state index contributed by atoms with van der Waals surface area (Å²) in [6, 6.07) is 15.2. The lowest BCUT2D eigenvalue weighted by Crippen LogP contribution is -2.08. The number of carboxylic acids is 1. The Balaban J connectivity index is 1.84. The third kappa shape index (κ3) is 4.63. The first-order chi connectivity index (χ1) is 12.8. The van der Waals surface area contributed by atoms with Crippen LogP contribution in [-0.4, -0.2) is 16.1 Å². The van der Waals surface area contributed by atoms with Gasteiger partial charge in [-0.15, -0.1) is 0 Å². The van der Waals surface area contributed by atoms with Crippen molar-refractivity contribution in [1.29, 1.82) is 0 Å². The summed E-state index contributed by atoms with van der Waals surface area (Å²) in [6.45, 7) is 0.305. The highest BCUT2D eigenvalue weighted by molar-refractivity contribution is 5.89. The quantitative estimate of drug-likeness (QED) is 0.680. The zero-order valence-corrected chi connectivity index (χ0v) is 13.9. The highest BCUT2D eigenvalue weighted by Gasteiger charge is 2.32. The largest absolute Gasteiger partial charge is 0.478 e. The number of ether oxygens (including phenoxy) is 1. The van der Waals surface area contributed by atoms with Crippen LogP contribution < -0.4 is 4.74 Å². The van der Waals surface area contributed by atoms with Crippen LogP contribution in [0.2, 0.25) is 0 Å². The normalized spacial score (nSPS) is 11.2. The van der Waals surface area contributed by atoms with Gasteiger partial charge in [0, 0.05) is 17.8 Å². The van der Waals surface area contributed by atoms with E-state index in [4.69, 9.17) is 9.84 Å². The van der Waals surface area contributed by atoms with Crippen LogP contribution in [0.5, 0.6) is 5.88 Å². The second-order valence-electron chi connectivity index (χ2n) is 5.76. The molecule has 2 aromatic carbocycles.